The highest BCUT2D eigenvalue weighted by Gasteiger charge is 2.41. The molecule has 8 heteroatoms. The third-order valence-corrected chi connectivity index (χ3v) is 8.87. The molecule has 6 nitrogen and oxygen atoms in total. The second-order valence-corrected chi connectivity index (χ2v) is 11.5. The molecule has 2 N–H and O–H groups in total. The van der Waals surface area contributed by atoms with Crippen molar-refractivity contribution in [2.45, 2.75) is 39.3 Å². The molecule has 3 heterocycles. The summed E-state index contributed by atoms with van der Waals surface area (Å²) in [5.41, 5.74) is 7.10. The summed E-state index contributed by atoms with van der Waals surface area (Å²) in [7, 11) is 0. The van der Waals surface area contributed by atoms with Crippen LogP contribution in [0.5, 0.6) is 0 Å². The molecule has 2 aromatic heterocycles. The van der Waals surface area contributed by atoms with Crippen LogP contribution in [-0.4, -0.2) is 32.0 Å². The summed E-state index contributed by atoms with van der Waals surface area (Å²) in [6, 6.07) is 27.8. The first-order valence-electron chi connectivity index (χ1n) is 14.0. The molecule has 2 atom stereocenters. The van der Waals surface area contributed by atoms with Crippen LogP contribution in [0.25, 0.3) is 16.5 Å². The van der Waals surface area contributed by atoms with Gasteiger partial charge in [-0.15, -0.1) is 0 Å². The molecule has 0 spiro atoms. The van der Waals surface area contributed by atoms with E-state index in [4.69, 9.17) is 23.8 Å². The van der Waals surface area contributed by atoms with Crippen LogP contribution in [0.4, 0.5) is 5.69 Å². The van der Waals surface area contributed by atoms with E-state index in [-0.39, 0.29) is 24.4 Å². The average molecular weight is 594 g/mol. The molecule has 5 aromatic rings. The Morgan fingerprint density at radius 2 is 1.76 bits per heavy atom. The van der Waals surface area contributed by atoms with Gasteiger partial charge in [0, 0.05) is 52.3 Å². The minimum atomic E-state index is -0.172. The number of aryl methyl sites for hydroxylation is 1. The fourth-order valence-corrected chi connectivity index (χ4v) is 6.55. The second-order valence-electron chi connectivity index (χ2n) is 10.7. The van der Waals surface area contributed by atoms with E-state index in [0.29, 0.717) is 11.7 Å². The Kier molecular flexibility index (Phi) is 7.71. The molecular weight excluding hydrogens is 562 g/mol. The number of carbonyl (C=O) groups is 1. The number of benzene rings is 3. The average Bonchev–Trinajstić information content (AvgIpc) is 3.48. The molecule has 0 bridgehead atoms. The molecule has 6 rings (SSSR count). The van der Waals surface area contributed by atoms with Gasteiger partial charge in [0.2, 0.25) is 5.91 Å². The van der Waals surface area contributed by atoms with E-state index in [0.717, 1.165) is 55.4 Å². The summed E-state index contributed by atoms with van der Waals surface area (Å²) in [6.45, 7) is 6.73. The lowest BCUT2D eigenvalue weighted by Crippen LogP contribution is -2.33. The number of nitrogens with one attached hydrogen (secondary N) is 2. The Morgan fingerprint density at radius 3 is 2.57 bits per heavy atom. The molecule has 1 amide bonds. The Hall–Kier alpha value is -4.20. The molecule has 1 aliphatic rings. The van der Waals surface area contributed by atoms with Gasteiger partial charge in [0.25, 0.3) is 0 Å². The Balaban J connectivity index is 1.33. The molecule has 3 aromatic carbocycles. The Labute approximate surface area is 256 Å². The van der Waals surface area contributed by atoms with E-state index in [1.807, 2.05) is 79.7 Å². The van der Waals surface area contributed by atoms with Crippen molar-refractivity contribution < 1.29 is 4.79 Å². The highest BCUT2D eigenvalue weighted by Crippen LogP contribution is 2.42. The molecule has 42 heavy (non-hydrogen) atoms. The van der Waals surface area contributed by atoms with Gasteiger partial charge in [-0.05, 0) is 85.9 Å². The number of carbonyl (C=O) groups excluding carboxylic acids is 1. The fraction of sp³-hybridized carbons (Fsp3) is 0.206. The van der Waals surface area contributed by atoms with Crippen molar-refractivity contribution in [1.29, 1.82) is 0 Å². The van der Waals surface area contributed by atoms with E-state index < -0.39 is 0 Å². The lowest BCUT2D eigenvalue weighted by molar-refractivity contribution is -0.116. The van der Waals surface area contributed by atoms with Gasteiger partial charge in [-0.25, -0.2) is 0 Å². The number of pyridine rings is 1. The maximum atomic E-state index is 13.3. The largest absolute Gasteiger partial charge is 0.352 e. The van der Waals surface area contributed by atoms with Crippen LogP contribution < -0.4 is 10.6 Å². The molecule has 0 unspecified atom stereocenters. The van der Waals surface area contributed by atoms with Gasteiger partial charge in [0.1, 0.15) is 0 Å². The van der Waals surface area contributed by atoms with Crippen molar-refractivity contribution in [3.8, 4) is 5.69 Å². The maximum absolute atomic E-state index is 13.3. The standard InChI is InChI=1S/C34H32ClN5OS/c1-21-20-26(23(3)40(21)30-16-9-13-27(35)22(30)2)33-32(29-14-6-7-18-36-29)38-34(42)39(33)19-17-31(41)37-28-15-8-11-24-10-4-5-12-25(24)28/h4-16,18,20,32-33H,17,19H2,1-3H3,(H,37,41)(H,38,42)/t32-,33-/m0/s1. The predicted octanol–water partition coefficient (Wildman–Crippen LogP) is 7.61. The van der Waals surface area contributed by atoms with Gasteiger partial charge in [-0.1, -0.05) is 60.1 Å². The third kappa shape index (κ3) is 5.14. The number of fused-ring (bicyclic) bond motifs is 1. The number of hydrogen-bond acceptors (Lipinski definition) is 3. The van der Waals surface area contributed by atoms with Crippen LogP contribution in [0.2, 0.25) is 5.02 Å². The van der Waals surface area contributed by atoms with Crippen molar-refractivity contribution >= 4 is 51.3 Å². The number of aromatic nitrogens is 2. The SMILES string of the molecule is Cc1c(Cl)cccc1-n1c(C)cc([C@H]2[C@H](c3ccccn3)NC(=S)N2CCC(=O)Nc2cccc3ccccc23)c1C. The minimum Gasteiger partial charge on any atom is -0.352 e. The monoisotopic (exact) mass is 593 g/mol. The van der Waals surface area contributed by atoms with Crippen LogP contribution in [-0.2, 0) is 4.79 Å². The van der Waals surface area contributed by atoms with E-state index in [1.165, 1.54) is 0 Å². The molecule has 0 saturated carbocycles. The number of amides is 1. The predicted molar refractivity (Wildman–Crippen MR) is 174 cm³/mol. The topological polar surface area (TPSA) is 62.2 Å². The fourth-order valence-electron chi connectivity index (χ4n) is 6.05. The van der Waals surface area contributed by atoms with Crippen molar-refractivity contribution in [3.63, 3.8) is 0 Å². The van der Waals surface area contributed by atoms with Crippen molar-refractivity contribution in [3.05, 3.63) is 124 Å². The van der Waals surface area contributed by atoms with Crippen molar-refractivity contribution in [2.24, 2.45) is 0 Å². The smallest absolute Gasteiger partial charge is 0.226 e. The zero-order valence-electron chi connectivity index (χ0n) is 23.8. The molecule has 1 aliphatic heterocycles. The first-order chi connectivity index (χ1) is 20.3. The maximum Gasteiger partial charge on any atom is 0.226 e. The first kappa shape index (κ1) is 27.9. The van der Waals surface area contributed by atoms with Crippen LogP contribution in [0.15, 0.2) is 91.1 Å². The molecular formula is C34H32ClN5OS. The summed E-state index contributed by atoms with van der Waals surface area (Å²) < 4.78 is 2.25. The van der Waals surface area contributed by atoms with Gasteiger partial charge in [-0.3, -0.25) is 9.78 Å². The number of anilines is 1. The zero-order valence-corrected chi connectivity index (χ0v) is 25.3. The molecule has 0 aliphatic carbocycles. The summed E-state index contributed by atoms with van der Waals surface area (Å²) in [6.07, 6.45) is 2.08. The number of hydrogen-bond donors (Lipinski definition) is 2. The van der Waals surface area contributed by atoms with Gasteiger partial charge in [0.15, 0.2) is 5.11 Å². The van der Waals surface area contributed by atoms with Crippen LogP contribution in [0.1, 0.15) is 46.7 Å². The number of rotatable bonds is 7. The van der Waals surface area contributed by atoms with Crippen LogP contribution in [0.3, 0.4) is 0 Å². The lowest BCUT2D eigenvalue weighted by atomic mass is 9.96. The van der Waals surface area contributed by atoms with Crippen molar-refractivity contribution in [2.75, 3.05) is 11.9 Å². The van der Waals surface area contributed by atoms with Gasteiger partial charge < -0.3 is 20.1 Å². The quantitative estimate of drug-likeness (QED) is 0.190. The van der Waals surface area contributed by atoms with Gasteiger partial charge in [0.05, 0.1) is 17.8 Å². The van der Waals surface area contributed by atoms with Crippen molar-refractivity contribution in [1.82, 2.24) is 19.8 Å². The van der Waals surface area contributed by atoms with E-state index in [2.05, 4.69) is 51.1 Å². The third-order valence-electron chi connectivity index (χ3n) is 8.11. The first-order valence-corrected chi connectivity index (χ1v) is 14.8. The lowest BCUT2D eigenvalue weighted by Gasteiger charge is -2.28. The van der Waals surface area contributed by atoms with E-state index in [9.17, 15) is 4.79 Å². The molecule has 1 fully saturated rings. The van der Waals surface area contributed by atoms with Crippen LogP contribution in [0, 0.1) is 20.8 Å². The summed E-state index contributed by atoms with van der Waals surface area (Å²) in [5, 5.41) is 10.1. The normalized spacial score (nSPS) is 16.6. The van der Waals surface area contributed by atoms with Crippen LogP contribution >= 0.6 is 23.8 Å². The zero-order chi connectivity index (χ0) is 29.4. The molecule has 212 valence electrons. The Morgan fingerprint density at radius 1 is 1.00 bits per heavy atom. The second kappa shape index (κ2) is 11.6. The summed E-state index contributed by atoms with van der Waals surface area (Å²) in [5.74, 6) is -0.0609. The van der Waals surface area contributed by atoms with Gasteiger partial charge >= 0.3 is 0 Å². The van der Waals surface area contributed by atoms with E-state index in [1.54, 1.807) is 6.20 Å². The minimum absolute atomic E-state index is 0.0609. The summed E-state index contributed by atoms with van der Waals surface area (Å²) in [4.78, 5) is 20.1. The molecule has 0 radical (unpaired) electrons. The van der Waals surface area contributed by atoms with Gasteiger partial charge in [-0.2, -0.15) is 0 Å². The number of thiocarbonyl (C=S) groups is 1. The molecule has 1 saturated heterocycles. The number of halogens is 1. The number of nitrogens with zero attached hydrogens (tertiary/aromatic N) is 3. The van der Waals surface area contributed by atoms with E-state index >= 15 is 0 Å². The highest BCUT2D eigenvalue weighted by atomic mass is 35.5. The summed E-state index contributed by atoms with van der Waals surface area (Å²) >= 11 is 12.4. The highest BCUT2D eigenvalue weighted by molar-refractivity contribution is 7.80. The Bertz CT molecular complexity index is 1800.